The van der Waals surface area contributed by atoms with E-state index in [4.69, 9.17) is 5.10 Å². The third kappa shape index (κ3) is 3.96. The number of thioether (sulfide) groups is 1. The van der Waals surface area contributed by atoms with Crippen molar-refractivity contribution < 1.29 is 9.18 Å². The van der Waals surface area contributed by atoms with Crippen molar-refractivity contribution in [3.05, 3.63) is 102 Å². The molecule has 1 aliphatic rings. The molecule has 0 radical (unpaired) electrons. The molecule has 3 heterocycles. The highest BCUT2D eigenvalue weighted by molar-refractivity contribution is 8.00. The van der Waals surface area contributed by atoms with Gasteiger partial charge in [0.25, 0.3) is 0 Å². The Morgan fingerprint density at radius 3 is 2.58 bits per heavy atom. The van der Waals surface area contributed by atoms with Gasteiger partial charge in [0, 0.05) is 36.3 Å². The average molecular weight is 431 g/mol. The second kappa shape index (κ2) is 8.35. The van der Waals surface area contributed by atoms with Crippen molar-refractivity contribution in [2.45, 2.75) is 11.9 Å². The van der Waals surface area contributed by atoms with Crippen LogP contribution in [0.4, 0.5) is 4.39 Å². The molecule has 1 atom stereocenters. The topological polar surface area (TPSA) is 51.0 Å². The number of rotatable bonds is 5. The average Bonchev–Trinajstić information content (AvgIpc) is 3.40. The summed E-state index contributed by atoms with van der Waals surface area (Å²) in [5, 5.41) is 4.63. The fourth-order valence-corrected chi connectivity index (χ4v) is 4.87. The van der Waals surface area contributed by atoms with Gasteiger partial charge < -0.3 is 4.90 Å². The lowest BCUT2D eigenvalue weighted by molar-refractivity contribution is -0.128. The minimum atomic E-state index is -0.295. The van der Waals surface area contributed by atoms with Crippen molar-refractivity contribution in [3.63, 3.8) is 0 Å². The summed E-state index contributed by atoms with van der Waals surface area (Å²) in [7, 11) is 0. The normalized spacial score (nSPS) is 16.1. The Morgan fingerprint density at radius 2 is 1.84 bits per heavy atom. The van der Waals surface area contributed by atoms with E-state index >= 15 is 0 Å². The quantitative estimate of drug-likeness (QED) is 0.454. The number of carbonyl (C=O) groups excluding carboxylic acids is 1. The van der Waals surface area contributed by atoms with E-state index in [0.29, 0.717) is 12.3 Å². The lowest BCUT2D eigenvalue weighted by atomic mass is 10.1. The number of aromatic nitrogens is 3. The third-order valence-corrected chi connectivity index (χ3v) is 6.43. The van der Waals surface area contributed by atoms with Gasteiger partial charge in [0.05, 0.1) is 17.1 Å². The number of amides is 1. The molecule has 0 bridgehead atoms. The lowest BCUT2D eigenvalue weighted by Gasteiger charge is -2.24. The minimum Gasteiger partial charge on any atom is -0.321 e. The number of nitrogens with zero attached hydrogens (tertiary/aromatic N) is 4. The first kappa shape index (κ1) is 19.5. The summed E-state index contributed by atoms with van der Waals surface area (Å²) in [6.45, 7) is 0.476. The monoisotopic (exact) mass is 430 g/mol. The SMILES string of the molecule is O=C1CS[C@@H](c2cn(-c3ccccc3)nc2-c2ccc(F)cc2)N1Cc1cccnc1. The molecule has 1 saturated heterocycles. The summed E-state index contributed by atoms with van der Waals surface area (Å²) in [6, 6.07) is 20.0. The number of carbonyl (C=O) groups is 1. The Kier molecular flexibility index (Phi) is 5.26. The van der Waals surface area contributed by atoms with E-state index in [-0.39, 0.29) is 17.1 Å². The van der Waals surface area contributed by atoms with Crippen LogP contribution in [-0.4, -0.2) is 31.3 Å². The predicted octanol–water partition coefficient (Wildman–Crippen LogP) is 4.85. The number of benzene rings is 2. The van der Waals surface area contributed by atoms with Crippen molar-refractivity contribution in [3.8, 4) is 16.9 Å². The van der Waals surface area contributed by atoms with Crippen molar-refractivity contribution in [2.75, 3.05) is 5.75 Å². The highest BCUT2D eigenvalue weighted by atomic mass is 32.2. The molecule has 154 valence electrons. The smallest absolute Gasteiger partial charge is 0.234 e. The number of hydrogen-bond donors (Lipinski definition) is 0. The van der Waals surface area contributed by atoms with Crippen LogP contribution in [0.2, 0.25) is 0 Å². The highest BCUT2D eigenvalue weighted by Crippen LogP contribution is 2.43. The molecule has 1 amide bonds. The Hall–Kier alpha value is -3.45. The van der Waals surface area contributed by atoms with Crippen molar-refractivity contribution in [1.29, 1.82) is 0 Å². The fourth-order valence-electron chi connectivity index (χ4n) is 3.68. The number of halogens is 1. The first-order chi connectivity index (χ1) is 15.2. The molecule has 1 aliphatic heterocycles. The van der Waals surface area contributed by atoms with Crippen LogP contribution in [0.1, 0.15) is 16.5 Å². The largest absolute Gasteiger partial charge is 0.321 e. The Morgan fingerprint density at radius 1 is 1.03 bits per heavy atom. The molecule has 5 rings (SSSR count). The lowest BCUT2D eigenvalue weighted by Crippen LogP contribution is -2.27. The van der Waals surface area contributed by atoms with Crippen molar-refractivity contribution in [2.24, 2.45) is 0 Å². The summed E-state index contributed by atoms with van der Waals surface area (Å²) in [5.41, 5.74) is 4.38. The number of pyridine rings is 1. The van der Waals surface area contributed by atoms with Gasteiger partial charge in [0.1, 0.15) is 11.2 Å². The summed E-state index contributed by atoms with van der Waals surface area (Å²) in [6.07, 6.45) is 5.47. The summed E-state index contributed by atoms with van der Waals surface area (Å²) >= 11 is 1.58. The van der Waals surface area contributed by atoms with E-state index in [9.17, 15) is 9.18 Å². The second-order valence-corrected chi connectivity index (χ2v) is 8.33. The zero-order chi connectivity index (χ0) is 21.2. The summed E-state index contributed by atoms with van der Waals surface area (Å²) < 4.78 is 15.4. The van der Waals surface area contributed by atoms with E-state index in [1.165, 1.54) is 12.1 Å². The Bertz CT molecular complexity index is 1200. The van der Waals surface area contributed by atoms with Gasteiger partial charge in [0.15, 0.2) is 0 Å². The van der Waals surface area contributed by atoms with Crippen LogP contribution in [0.3, 0.4) is 0 Å². The fraction of sp³-hybridized carbons (Fsp3) is 0.125. The predicted molar refractivity (Wildman–Crippen MR) is 119 cm³/mol. The van der Waals surface area contributed by atoms with E-state index in [2.05, 4.69) is 4.98 Å². The molecule has 0 unspecified atom stereocenters. The van der Waals surface area contributed by atoms with Gasteiger partial charge in [-0.25, -0.2) is 9.07 Å². The van der Waals surface area contributed by atoms with E-state index in [1.54, 1.807) is 36.3 Å². The van der Waals surface area contributed by atoms with Crippen LogP contribution in [0.15, 0.2) is 85.3 Å². The molecule has 4 aromatic rings. The Balaban J connectivity index is 1.58. The summed E-state index contributed by atoms with van der Waals surface area (Å²) in [4.78, 5) is 18.8. The van der Waals surface area contributed by atoms with Gasteiger partial charge in [-0.3, -0.25) is 9.78 Å². The van der Waals surface area contributed by atoms with E-state index in [1.807, 2.05) is 58.2 Å². The van der Waals surface area contributed by atoms with Crippen LogP contribution in [0.25, 0.3) is 16.9 Å². The van der Waals surface area contributed by atoms with Crippen molar-refractivity contribution in [1.82, 2.24) is 19.7 Å². The molecule has 2 aromatic heterocycles. The molecule has 0 N–H and O–H groups in total. The number of hydrogen-bond acceptors (Lipinski definition) is 4. The highest BCUT2D eigenvalue weighted by Gasteiger charge is 2.36. The second-order valence-electron chi connectivity index (χ2n) is 7.27. The van der Waals surface area contributed by atoms with Gasteiger partial charge in [0.2, 0.25) is 5.91 Å². The summed E-state index contributed by atoms with van der Waals surface area (Å²) in [5.74, 6) is 0.192. The molecule has 31 heavy (non-hydrogen) atoms. The van der Waals surface area contributed by atoms with Crippen LogP contribution in [0, 0.1) is 5.82 Å². The zero-order valence-corrected chi connectivity index (χ0v) is 17.4. The van der Waals surface area contributed by atoms with E-state index < -0.39 is 0 Å². The molecule has 0 aliphatic carbocycles. The molecule has 1 fully saturated rings. The van der Waals surface area contributed by atoms with Crippen LogP contribution < -0.4 is 0 Å². The molecule has 0 saturated carbocycles. The minimum absolute atomic E-state index is 0.0800. The van der Waals surface area contributed by atoms with Gasteiger partial charge >= 0.3 is 0 Å². The van der Waals surface area contributed by atoms with Crippen molar-refractivity contribution >= 4 is 17.7 Å². The molecule has 2 aromatic carbocycles. The maximum absolute atomic E-state index is 13.5. The molecule has 5 nitrogen and oxygen atoms in total. The van der Waals surface area contributed by atoms with Gasteiger partial charge in [-0.1, -0.05) is 24.3 Å². The van der Waals surface area contributed by atoms with Crippen LogP contribution in [0.5, 0.6) is 0 Å². The van der Waals surface area contributed by atoms with Crippen LogP contribution >= 0.6 is 11.8 Å². The standard InChI is InChI=1S/C24H19FN4OS/c25-19-10-8-18(9-11-19)23-21(15-29(27-23)20-6-2-1-3-7-20)24-28(22(30)16-31-24)14-17-5-4-12-26-13-17/h1-13,15,24H,14,16H2/t24-/m0/s1. The molecule has 7 heteroatoms. The zero-order valence-electron chi connectivity index (χ0n) is 16.6. The molecular weight excluding hydrogens is 411 g/mol. The van der Waals surface area contributed by atoms with Crippen LogP contribution in [-0.2, 0) is 11.3 Å². The molecule has 0 spiro atoms. The van der Waals surface area contributed by atoms with E-state index in [0.717, 1.165) is 28.1 Å². The maximum atomic E-state index is 13.5. The number of para-hydroxylation sites is 1. The third-order valence-electron chi connectivity index (χ3n) is 5.19. The molecular formula is C24H19FN4OS. The Labute approximate surface area is 183 Å². The maximum Gasteiger partial charge on any atom is 0.234 e. The van der Waals surface area contributed by atoms with Gasteiger partial charge in [-0.15, -0.1) is 11.8 Å². The van der Waals surface area contributed by atoms with Gasteiger partial charge in [-0.2, -0.15) is 5.10 Å². The van der Waals surface area contributed by atoms with Gasteiger partial charge in [-0.05, 0) is 48.0 Å². The first-order valence-corrected chi connectivity index (χ1v) is 10.9. The first-order valence-electron chi connectivity index (χ1n) is 9.90.